The summed E-state index contributed by atoms with van der Waals surface area (Å²) >= 11 is 0. The Morgan fingerprint density at radius 3 is 2.64 bits per heavy atom. The summed E-state index contributed by atoms with van der Waals surface area (Å²) in [5, 5.41) is 8.24. The molecule has 0 spiro atoms. The van der Waals surface area contributed by atoms with Crippen molar-refractivity contribution in [1.29, 1.82) is 5.41 Å². The predicted octanol–water partition coefficient (Wildman–Crippen LogP) is 4.58. The van der Waals surface area contributed by atoms with E-state index in [1.807, 2.05) is 12.1 Å². The quantitative estimate of drug-likeness (QED) is 0.808. The van der Waals surface area contributed by atoms with Gasteiger partial charge in [-0.2, -0.15) is 0 Å². The number of ether oxygens (including phenoxy) is 2. The molecule has 1 atom stereocenters. The molecule has 2 heterocycles. The third kappa shape index (κ3) is 3.51. The van der Waals surface area contributed by atoms with Crippen molar-refractivity contribution in [3.05, 3.63) is 23.8 Å². The molecule has 5 nitrogen and oxygen atoms in total. The molecule has 1 N–H and O–H groups in total. The average molecular weight is 385 g/mol. The Labute approximate surface area is 167 Å². The summed E-state index contributed by atoms with van der Waals surface area (Å²) in [5.41, 5.74) is 0.309. The fraction of sp³-hybridized carbons (Fsp3) is 0.652. The van der Waals surface area contributed by atoms with Crippen LogP contribution in [0.15, 0.2) is 18.2 Å². The number of benzene rings is 1. The number of likely N-dealkylation sites (tertiary alicyclic amines) is 1. The Hall–Kier alpha value is -2.04. The summed E-state index contributed by atoms with van der Waals surface area (Å²) in [6, 6.07) is 6.01. The lowest BCUT2D eigenvalue weighted by atomic mass is 9.73. The van der Waals surface area contributed by atoms with Crippen LogP contribution in [0.4, 0.5) is 0 Å². The van der Waals surface area contributed by atoms with Crippen LogP contribution < -0.4 is 9.47 Å². The van der Waals surface area contributed by atoms with Crippen LogP contribution in [0.1, 0.15) is 64.4 Å². The fourth-order valence-corrected chi connectivity index (χ4v) is 5.18. The van der Waals surface area contributed by atoms with Gasteiger partial charge in [0.2, 0.25) is 5.91 Å². The zero-order valence-electron chi connectivity index (χ0n) is 17.3. The third-order valence-electron chi connectivity index (χ3n) is 6.63. The molecule has 1 aromatic carbocycles. The standard InChI is InChI=1S/C23H32N2O3/c1-22(2)13-17-10-7-11-18(20(17)28-22)27-15-23(12-16-8-5-4-6-9-16)14-19(24)25(3)21(23)26/h7,10-11,16,24H,4-6,8-9,12-15H2,1-3H3. The van der Waals surface area contributed by atoms with Crippen molar-refractivity contribution >= 4 is 11.7 Å². The number of para-hydroxylation sites is 1. The first-order valence-electron chi connectivity index (χ1n) is 10.6. The molecule has 1 saturated carbocycles. The molecule has 2 aliphatic heterocycles. The van der Waals surface area contributed by atoms with Crippen LogP contribution >= 0.6 is 0 Å². The molecule has 152 valence electrons. The maximum atomic E-state index is 13.1. The highest BCUT2D eigenvalue weighted by Gasteiger charge is 2.50. The van der Waals surface area contributed by atoms with Crippen molar-refractivity contribution < 1.29 is 14.3 Å². The lowest BCUT2D eigenvalue weighted by Crippen LogP contribution is -2.39. The average Bonchev–Trinajstić information content (AvgIpc) is 3.09. The van der Waals surface area contributed by atoms with Crippen molar-refractivity contribution in [3.8, 4) is 11.5 Å². The van der Waals surface area contributed by atoms with E-state index < -0.39 is 5.41 Å². The molecule has 0 radical (unpaired) electrons. The van der Waals surface area contributed by atoms with E-state index in [0.29, 0.717) is 24.8 Å². The second-order valence-electron chi connectivity index (χ2n) is 9.55. The van der Waals surface area contributed by atoms with Crippen LogP contribution in [0.3, 0.4) is 0 Å². The molecule has 1 saturated heterocycles. The number of nitrogens with one attached hydrogen (secondary N) is 1. The summed E-state index contributed by atoms with van der Waals surface area (Å²) in [6.45, 7) is 4.48. The van der Waals surface area contributed by atoms with Gasteiger partial charge in [0.15, 0.2) is 11.5 Å². The first kappa shape index (κ1) is 19.3. The van der Waals surface area contributed by atoms with E-state index in [1.54, 1.807) is 7.05 Å². The molecule has 5 heteroatoms. The van der Waals surface area contributed by atoms with E-state index >= 15 is 0 Å². The van der Waals surface area contributed by atoms with Crippen molar-refractivity contribution in [1.82, 2.24) is 4.90 Å². The zero-order chi connectivity index (χ0) is 19.9. The van der Waals surface area contributed by atoms with Crippen LogP contribution in [0.2, 0.25) is 0 Å². The van der Waals surface area contributed by atoms with E-state index in [4.69, 9.17) is 14.9 Å². The Morgan fingerprint density at radius 1 is 1.21 bits per heavy atom. The summed E-state index contributed by atoms with van der Waals surface area (Å²) in [7, 11) is 1.72. The van der Waals surface area contributed by atoms with Gasteiger partial charge in [0.25, 0.3) is 0 Å². The molecule has 1 unspecified atom stereocenters. The van der Waals surface area contributed by atoms with Gasteiger partial charge in [-0.1, -0.05) is 44.2 Å². The smallest absolute Gasteiger partial charge is 0.237 e. The lowest BCUT2D eigenvalue weighted by molar-refractivity contribution is -0.136. The van der Waals surface area contributed by atoms with Gasteiger partial charge in [0, 0.05) is 25.5 Å². The number of fused-ring (bicyclic) bond motifs is 1. The molecular formula is C23H32N2O3. The Morgan fingerprint density at radius 2 is 1.96 bits per heavy atom. The highest BCUT2D eigenvalue weighted by Crippen LogP contribution is 2.45. The first-order chi connectivity index (χ1) is 13.3. The number of amidine groups is 1. The van der Waals surface area contributed by atoms with E-state index in [0.717, 1.165) is 29.9 Å². The molecule has 1 amide bonds. The number of hydrogen-bond acceptors (Lipinski definition) is 4. The number of carbonyl (C=O) groups excluding carboxylic acids is 1. The van der Waals surface area contributed by atoms with Crippen molar-refractivity contribution in [2.24, 2.45) is 11.3 Å². The molecule has 4 rings (SSSR count). The van der Waals surface area contributed by atoms with Crippen molar-refractivity contribution in [2.75, 3.05) is 13.7 Å². The van der Waals surface area contributed by atoms with Gasteiger partial charge in [-0.25, -0.2) is 0 Å². The number of rotatable bonds is 5. The summed E-state index contributed by atoms with van der Waals surface area (Å²) in [6.07, 6.45) is 8.32. The van der Waals surface area contributed by atoms with Crippen LogP contribution in [-0.2, 0) is 11.2 Å². The second kappa shape index (κ2) is 7.09. The minimum atomic E-state index is -0.620. The maximum Gasteiger partial charge on any atom is 0.237 e. The second-order valence-corrected chi connectivity index (χ2v) is 9.55. The minimum Gasteiger partial charge on any atom is -0.489 e. The number of carbonyl (C=O) groups is 1. The van der Waals surface area contributed by atoms with Crippen LogP contribution in [-0.4, -0.2) is 35.9 Å². The molecular weight excluding hydrogens is 352 g/mol. The first-order valence-corrected chi connectivity index (χ1v) is 10.6. The topological polar surface area (TPSA) is 62.6 Å². The zero-order valence-corrected chi connectivity index (χ0v) is 17.3. The summed E-state index contributed by atoms with van der Waals surface area (Å²) in [4.78, 5) is 14.7. The van der Waals surface area contributed by atoms with Gasteiger partial charge in [0.05, 0.1) is 5.41 Å². The van der Waals surface area contributed by atoms with E-state index in [1.165, 1.54) is 37.0 Å². The maximum absolute atomic E-state index is 13.1. The SMILES string of the molecule is CN1C(=N)CC(COc2cccc3c2OC(C)(C)C3)(CC2CCCCC2)C1=O. The fourth-order valence-electron chi connectivity index (χ4n) is 5.18. The van der Waals surface area contributed by atoms with Gasteiger partial charge < -0.3 is 14.4 Å². The summed E-state index contributed by atoms with van der Waals surface area (Å²) in [5.74, 6) is 2.53. The predicted molar refractivity (Wildman–Crippen MR) is 109 cm³/mol. The Kier molecular flexibility index (Phi) is 4.88. The van der Waals surface area contributed by atoms with E-state index in [9.17, 15) is 4.79 Å². The minimum absolute atomic E-state index is 0.0388. The van der Waals surface area contributed by atoms with Crippen molar-refractivity contribution in [3.63, 3.8) is 0 Å². The number of amides is 1. The summed E-state index contributed by atoms with van der Waals surface area (Å²) < 4.78 is 12.4. The molecule has 0 aromatic heterocycles. The number of hydrogen-bond donors (Lipinski definition) is 1. The Bertz CT molecular complexity index is 782. The van der Waals surface area contributed by atoms with Gasteiger partial charge in [-0.3, -0.25) is 10.2 Å². The van der Waals surface area contributed by atoms with Crippen molar-refractivity contribution in [2.45, 2.75) is 70.8 Å². The monoisotopic (exact) mass is 384 g/mol. The van der Waals surface area contributed by atoms with Crippen LogP contribution in [0.5, 0.6) is 11.5 Å². The number of nitrogens with zero attached hydrogens (tertiary/aromatic N) is 1. The van der Waals surface area contributed by atoms with Gasteiger partial charge in [-0.05, 0) is 32.3 Å². The highest BCUT2D eigenvalue weighted by atomic mass is 16.5. The van der Waals surface area contributed by atoms with Gasteiger partial charge >= 0.3 is 0 Å². The molecule has 0 bridgehead atoms. The van der Waals surface area contributed by atoms with Gasteiger partial charge in [-0.15, -0.1) is 0 Å². The normalized spacial score (nSPS) is 27.0. The van der Waals surface area contributed by atoms with Gasteiger partial charge in [0.1, 0.15) is 18.0 Å². The largest absolute Gasteiger partial charge is 0.489 e. The third-order valence-corrected chi connectivity index (χ3v) is 6.63. The molecule has 1 aromatic rings. The highest BCUT2D eigenvalue weighted by molar-refractivity contribution is 6.06. The molecule has 2 fully saturated rings. The molecule has 28 heavy (non-hydrogen) atoms. The molecule has 1 aliphatic carbocycles. The molecule has 3 aliphatic rings. The Balaban J connectivity index is 1.55. The van der Waals surface area contributed by atoms with E-state index in [2.05, 4.69) is 19.9 Å². The van der Waals surface area contributed by atoms with Crippen LogP contribution in [0, 0.1) is 16.7 Å². The lowest BCUT2D eigenvalue weighted by Gasteiger charge is -2.32. The van der Waals surface area contributed by atoms with Crippen LogP contribution in [0.25, 0.3) is 0 Å². The van der Waals surface area contributed by atoms with E-state index in [-0.39, 0.29) is 11.5 Å².